The molecule has 0 unspecified atom stereocenters. The Balaban J connectivity index is 1.70. The van der Waals surface area contributed by atoms with Gasteiger partial charge >= 0.3 is 0 Å². The quantitative estimate of drug-likeness (QED) is 0.744. The van der Waals surface area contributed by atoms with Crippen LogP contribution in [0.2, 0.25) is 0 Å². The SMILES string of the molecule is CN(CCc1ccccn1)S(=O)(=O)c1ccc2c3c(ccnc13)C(=O)N2. The number of carbonyl (C=O) groups is 1. The molecule has 1 amide bonds. The van der Waals surface area contributed by atoms with Gasteiger partial charge in [-0.25, -0.2) is 12.7 Å². The summed E-state index contributed by atoms with van der Waals surface area (Å²) in [7, 11) is -2.22. The Labute approximate surface area is 150 Å². The largest absolute Gasteiger partial charge is 0.321 e. The Morgan fingerprint density at radius 3 is 2.69 bits per heavy atom. The molecule has 1 N–H and O–H groups in total. The van der Waals surface area contributed by atoms with E-state index in [4.69, 9.17) is 0 Å². The van der Waals surface area contributed by atoms with Crippen molar-refractivity contribution in [2.75, 3.05) is 18.9 Å². The van der Waals surface area contributed by atoms with E-state index in [1.807, 2.05) is 18.2 Å². The molecular weight excluding hydrogens is 352 g/mol. The molecule has 0 bridgehead atoms. The number of pyridine rings is 2. The second-order valence-corrected chi connectivity index (χ2v) is 8.06. The number of hydrogen-bond acceptors (Lipinski definition) is 5. The highest BCUT2D eigenvalue weighted by atomic mass is 32.2. The number of nitrogens with one attached hydrogen (secondary N) is 1. The summed E-state index contributed by atoms with van der Waals surface area (Å²) in [5, 5.41) is 3.28. The predicted molar refractivity (Wildman–Crippen MR) is 97.5 cm³/mol. The first-order chi connectivity index (χ1) is 12.5. The van der Waals surface area contributed by atoms with Crippen LogP contribution in [0.25, 0.3) is 10.9 Å². The van der Waals surface area contributed by atoms with Crippen molar-refractivity contribution in [3.8, 4) is 0 Å². The van der Waals surface area contributed by atoms with Gasteiger partial charge in [0.2, 0.25) is 10.0 Å². The number of amides is 1. The van der Waals surface area contributed by atoms with Crippen LogP contribution in [0.4, 0.5) is 5.69 Å². The normalized spacial score (nSPS) is 13.4. The molecule has 0 radical (unpaired) electrons. The van der Waals surface area contributed by atoms with Gasteiger partial charge in [0.15, 0.2) is 0 Å². The van der Waals surface area contributed by atoms with Gasteiger partial charge in [-0.3, -0.25) is 14.8 Å². The second-order valence-electron chi connectivity index (χ2n) is 6.05. The molecule has 3 heterocycles. The number of anilines is 1. The van der Waals surface area contributed by atoms with Gasteiger partial charge in [-0.15, -0.1) is 0 Å². The molecule has 7 nitrogen and oxygen atoms in total. The van der Waals surface area contributed by atoms with Gasteiger partial charge < -0.3 is 5.32 Å². The van der Waals surface area contributed by atoms with Gasteiger partial charge in [0.25, 0.3) is 5.91 Å². The maximum atomic E-state index is 13.1. The van der Waals surface area contributed by atoms with E-state index >= 15 is 0 Å². The molecule has 3 aromatic rings. The molecule has 1 aliphatic rings. The molecule has 1 aromatic carbocycles. The zero-order valence-electron chi connectivity index (χ0n) is 14.0. The lowest BCUT2D eigenvalue weighted by Crippen LogP contribution is -2.29. The molecular formula is C18H16N4O3S. The van der Waals surface area contributed by atoms with Crippen molar-refractivity contribution in [1.82, 2.24) is 14.3 Å². The Morgan fingerprint density at radius 1 is 1.08 bits per heavy atom. The van der Waals surface area contributed by atoms with Crippen LogP contribution in [0, 0.1) is 0 Å². The summed E-state index contributed by atoms with van der Waals surface area (Å²) >= 11 is 0. The molecule has 0 fully saturated rings. The molecule has 4 rings (SSSR count). The topological polar surface area (TPSA) is 92.3 Å². The number of likely N-dealkylation sites (N-methyl/N-ethyl adjacent to an activating group) is 1. The van der Waals surface area contributed by atoms with Crippen LogP contribution >= 0.6 is 0 Å². The average molecular weight is 368 g/mol. The van der Waals surface area contributed by atoms with Crippen LogP contribution in [0.3, 0.4) is 0 Å². The summed E-state index contributed by atoms with van der Waals surface area (Å²) in [6, 6.07) is 10.2. The summed E-state index contributed by atoms with van der Waals surface area (Å²) in [6.45, 7) is 0.291. The van der Waals surface area contributed by atoms with Gasteiger partial charge in [-0.2, -0.15) is 0 Å². The Kier molecular flexibility index (Phi) is 3.93. The van der Waals surface area contributed by atoms with Gasteiger partial charge in [0.05, 0.1) is 16.8 Å². The summed E-state index contributed by atoms with van der Waals surface area (Å²) in [5.74, 6) is -0.245. The van der Waals surface area contributed by atoms with Crippen molar-refractivity contribution in [3.63, 3.8) is 0 Å². The highest BCUT2D eigenvalue weighted by Gasteiger charge is 2.29. The van der Waals surface area contributed by atoms with E-state index in [0.717, 1.165) is 5.69 Å². The van der Waals surface area contributed by atoms with Gasteiger partial charge in [-0.05, 0) is 30.3 Å². The van der Waals surface area contributed by atoms with Crippen LogP contribution in [-0.2, 0) is 16.4 Å². The van der Waals surface area contributed by atoms with Crippen LogP contribution < -0.4 is 5.32 Å². The lowest BCUT2D eigenvalue weighted by molar-refractivity contribution is 0.103. The van der Waals surface area contributed by atoms with E-state index in [1.165, 1.54) is 23.6 Å². The molecule has 2 aromatic heterocycles. The molecule has 8 heteroatoms. The number of aromatic nitrogens is 2. The minimum atomic E-state index is -3.75. The first-order valence-corrected chi connectivity index (χ1v) is 9.52. The molecule has 26 heavy (non-hydrogen) atoms. The molecule has 0 aliphatic carbocycles. The number of hydrogen-bond donors (Lipinski definition) is 1. The first-order valence-electron chi connectivity index (χ1n) is 8.08. The lowest BCUT2D eigenvalue weighted by atomic mass is 10.1. The second kappa shape index (κ2) is 6.15. The Morgan fingerprint density at radius 2 is 1.92 bits per heavy atom. The fraction of sp³-hybridized carbons (Fsp3) is 0.167. The molecule has 0 saturated heterocycles. The van der Waals surface area contributed by atoms with Crippen molar-refractivity contribution < 1.29 is 13.2 Å². The van der Waals surface area contributed by atoms with Crippen LogP contribution in [0.5, 0.6) is 0 Å². The Bertz CT molecular complexity index is 1110. The lowest BCUT2D eigenvalue weighted by Gasteiger charge is -2.18. The number of benzene rings is 1. The van der Waals surface area contributed by atoms with Crippen molar-refractivity contribution in [2.24, 2.45) is 0 Å². The van der Waals surface area contributed by atoms with Crippen molar-refractivity contribution in [2.45, 2.75) is 11.3 Å². The van der Waals surface area contributed by atoms with Gasteiger partial charge in [-0.1, -0.05) is 6.07 Å². The van der Waals surface area contributed by atoms with Gasteiger partial charge in [0.1, 0.15) is 4.90 Å². The number of sulfonamides is 1. The monoisotopic (exact) mass is 368 g/mol. The zero-order valence-corrected chi connectivity index (χ0v) is 14.8. The zero-order chi connectivity index (χ0) is 18.3. The number of nitrogens with zero attached hydrogens (tertiary/aromatic N) is 3. The Hall–Kier alpha value is -2.84. The maximum absolute atomic E-state index is 13.1. The smallest absolute Gasteiger partial charge is 0.256 e. The summed E-state index contributed by atoms with van der Waals surface area (Å²) in [4.78, 5) is 20.5. The molecule has 1 aliphatic heterocycles. The van der Waals surface area contributed by atoms with E-state index in [2.05, 4.69) is 15.3 Å². The van der Waals surface area contributed by atoms with Crippen LogP contribution in [0.15, 0.2) is 53.7 Å². The highest BCUT2D eigenvalue weighted by Crippen LogP contribution is 2.35. The number of rotatable bonds is 5. The van der Waals surface area contributed by atoms with E-state index in [1.54, 1.807) is 18.3 Å². The third kappa shape index (κ3) is 2.63. The summed E-state index contributed by atoms with van der Waals surface area (Å²) < 4.78 is 27.4. The van der Waals surface area contributed by atoms with Crippen LogP contribution in [-0.4, -0.2) is 42.2 Å². The minimum Gasteiger partial charge on any atom is -0.321 e. The van der Waals surface area contributed by atoms with Crippen molar-refractivity contribution >= 4 is 32.5 Å². The predicted octanol–water partition coefficient (Wildman–Crippen LogP) is 2.06. The van der Waals surface area contributed by atoms with E-state index < -0.39 is 10.0 Å². The molecule has 0 spiro atoms. The van der Waals surface area contributed by atoms with Gasteiger partial charge in [0, 0.05) is 43.5 Å². The average Bonchev–Trinajstić information content (AvgIpc) is 2.98. The van der Waals surface area contributed by atoms with E-state index in [0.29, 0.717) is 35.1 Å². The fourth-order valence-electron chi connectivity index (χ4n) is 3.04. The van der Waals surface area contributed by atoms with Crippen molar-refractivity contribution in [3.05, 3.63) is 60.0 Å². The van der Waals surface area contributed by atoms with Crippen molar-refractivity contribution in [1.29, 1.82) is 0 Å². The third-order valence-corrected chi connectivity index (χ3v) is 6.33. The molecule has 132 valence electrons. The number of carbonyl (C=O) groups excluding carboxylic acids is 1. The standard InChI is InChI=1S/C18H16N4O3S/c1-22(11-8-12-4-2-3-9-19-12)26(24,25)15-6-5-14-16-13(18(23)21-14)7-10-20-17(15)16/h2-7,9-10H,8,11H2,1H3,(H,21,23). The molecule has 0 atom stereocenters. The van der Waals surface area contributed by atoms with E-state index in [9.17, 15) is 13.2 Å². The first kappa shape index (κ1) is 16.6. The third-order valence-electron chi connectivity index (χ3n) is 4.45. The fourth-order valence-corrected chi connectivity index (χ4v) is 4.35. The van der Waals surface area contributed by atoms with E-state index in [-0.39, 0.29) is 10.8 Å². The maximum Gasteiger partial charge on any atom is 0.256 e. The minimum absolute atomic E-state index is 0.0955. The summed E-state index contributed by atoms with van der Waals surface area (Å²) in [6.07, 6.45) is 3.64. The summed E-state index contributed by atoms with van der Waals surface area (Å²) in [5.41, 5.74) is 2.16. The van der Waals surface area contributed by atoms with Crippen LogP contribution in [0.1, 0.15) is 16.1 Å². The highest BCUT2D eigenvalue weighted by molar-refractivity contribution is 7.89. The molecule has 0 saturated carbocycles.